The van der Waals surface area contributed by atoms with Crippen LogP contribution in [0.2, 0.25) is 0 Å². The van der Waals surface area contributed by atoms with Crippen LogP contribution in [0.1, 0.15) is 30.2 Å². The topological polar surface area (TPSA) is 129 Å². The average molecular weight is 290 g/mol. The molecule has 9 heteroatoms. The Bertz CT molecular complexity index is 694. The summed E-state index contributed by atoms with van der Waals surface area (Å²) in [5, 5.41) is 17.4. The molecule has 9 nitrogen and oxygen atoms in total. The molecule has 0 aliphatic carbocycles. The average Bonchev–Trinajstić information content (AvgIpc) is 2.87. The smallest absolute Gasteiger partial charge is 0.288 e. The molecule has 0 saturated carbocycles. The van der Waals surface area contributed by atoms with Gasteiger partial charge in [0.1, 0.15) is 12.0 Å². The second-order valence-corrected chi connectivity index (χ2v) is 4.64. The number of aromatic nitrogens is 3. The molecule has 0 bridgehead atoms. The highest BCUT2D eigenvalue weighted by Crippen LogP contribution is 2.18. The number of nitro groups is 1. The van der Waals surface area contributed by atoms with Gasteiger partial charge in [-0.25, -0.2) is 4.98 Å². The van der Waals surface area contributed by atoms with E-state index < -0.39 is 10.8 Å². The highest BCUT2D eigenvalue weighted by atomic mass is 16.6. The van der Waals surface area contributed by atoms with Gasteiger partial charge in [0.25, 0.3) is 11.6 Å². The highest BCUT2D eigenvalue weighted by Gasteiger charge is 2.17. The van der Waals surface area contributed by atoms with E-state index in [1.165, 1.54) is 6.20 Å². The fourth-order valence-electron chi connectivity index (χ4n) is 1.63. The van der Waals surface area contributed by atoms with Crippen molar-refractivity contribution in [3.05, 3.63) is 40.3 Å². The van der Waals surface area contributed by atoms with Gasteiger partial charge in [0.05, 0.1) is 22.4 Å². The molecule has 0 aliphatic heterocycles. The molecule has 0 saturated heterocycles. The van der Waals surface area contributed by atoms with Gasteiger partial charge in [0.15, 0.2) is 0 Å². The lowest BCUT2D eigenvalue weighted by molar-refractivity contribution is -0.385. The van der Waals surface area contributed by atoms with E-state index >= 15 is 0 Å². The molecule has 3 N–H and O–H groups in total. The van der Waals surface area contributed by atoms with Crippen LogP contribution in [0.4, 0.5) is 17.2 Å². The Balaban J connectivity index is 2.23. The zero-order valence-corrected chi connectivity index (χ0v) is 11.5. The van der Waals surface area contributed by atoms with Crippen LogP contribution in [0.25, 0.3) is 0 Å². The molecular weight excluding hydrogens is 276 g/mol. The van der Waals surface area contributed by atoms with E-state index in [1.807, 2.05) is 13.8 Å². The maximum absolute atomic E-state index is 12.1. The van der Waals surface area contributed by atoms with Crippen molar-refractivity contribution < 1.29 is 9.72 Å². The largest absolute Gasteiger partial charge is 0.383 e. The highest BCUT2D eigenvalue weighted by molar-refractivity contribution is 6.07. The number of pyridine rings is 1. The lowest BCUT2D eigenvalue weighted by atomic mass is 10.2. The fraction of sp³-hybridized carbons (Fsp3) is 0.250. The fourth-order valence-corrected chi connectivity index (χ4v) is 1.63. The molecule has 2 aromatic heterocycles. The molecule has 0 unspecified atom stereocenters. The predicted octanol–water partition coefficient (Wildman–Crippen LogP) is 1.60. The minimum Gasteiger partial charge on any atom is -0.383 e. The van der Waals surface area contributed by atoms with Crippen LogP contribution in [-0.4, -0.2) is 25.6 Å². The van der Waals surface area contributed by atoms with Gasteiger partial charge in [-0.2, -0.15) is 5.10 Å². The molecule has 0 fully saturated rings. The number of nitrogens with zero attached hydrogens (tertiary/aromatic N) is 4. The third-order valence-corrected chi connectivity index (χ3v) is 2.75. The SMILES string of the molecule is CC(C)n1cc(NC(=O)c2cc([N+](=O)[O-])cnc2N)cn1. The Morgan fingerprint density at radius 1 is 1.48 bits per heavy atom. The maximum Gasteiger partial charge on any atom is 0.288 e. The minimum absolute atomic E-state index is 0.0542. The van der Waals surface area contributed by atoms with Gasteiger partial charge in [-0.3, -0.25) is 19.6 Å². The van der Waals surface area contributed by atoms with Crippen molar-refractivity contribution in [2.24, 2.45) is 0 Å². The molecule has 2 heterocycles. The number of hydrogen-bond acceptors (Lipinski definition) is 6. The second-order valence-electron chi connectivity index (χ2n) is 4.64. The Hall–Kier alpha value is -2.97. The molecular formula is C12H14N6O3. The number of rotatable bonds is 4. The van der Waals surface area contributed by atoms with Gasteiger partial charge >= 0.3 is 0 Å². The Morgan fingerprint density at radius 2 is 2.19 bits per heavy atom. The molecule has 0 radical (unpaired) electrons. The molecule has 0 aliphatic rings. The van der Waals surface area contributed by atoms with Crippen LogP contribution < -0.4 is 11.1 Å². The number of carbonyl (C=O) groups excluding carboxylic acids is 1. The van der Waals surface area contributed by atoms with Crippen LogP contribution in [0, 0.1) is 10.1 Å². The third kappa shape index (κ3) is 3.14. The van der Waals surface area contributed by atoms with Crippen molar-refractivity contribution in [1.29, 1.82) is 0 Å². The van der Waals surface area contributed by atoms with E-state index in [9.17, 15) is 14.9 Å². The van der Waals surface area contributed by atoms with E-state index in [1.54, 1.807) is 10.9 Å². The first kappa shape index (κ1) is 14.4. The summed E-state index contributed by atoms with van der Waals surface area (Å²) >= 11 is 0. The lowest BCUT2D eigenvalue weighted by Gasteiger charge is -2.05. The number of amides is 1. The predicted molar refractivity (Wildman–Crippen MR) is 75.9 cm³/mol. The number of nitrogens with one attached hydrogen (secondary N) is 1. The van der Waals surface area contributed by atoms with Gasteiger partial charge < -0.3 is 11.1 Å². The van der Waals surface area contributed by atoms with E-state index in [2.05, 4.69) is 15.4 Å². The summed E-state index contributed by atoms with van der Waals surface area (Å²) in [6.07, 6.45) is 4.14. The lowest BCUT2D eigenvalue weighted by Crippen LogP contribution is -2.15. The van der Waals surface area contributed by atoms with Gasteiger partial charge in [-0.1, -0.05) is 0 Å². The monoisotopic (exact) mass is 290 g/mol. The normalized spacial score (nSPS) is 10.6. The van der Waals surface area contributed by atoms with E-state index in [0.717, 1.165) is 12.3 Å². The van der Waals surface area contributed by atoms with Crippen molar-refractivity contribution in [2.45, 2.75) is 19.9 Å². The van der Waals surface area contributed by atoms with Gasteiger partial charge in [-0.05, 0) is 13.8 Å². The van der Waals surface area contributed by atoms with Gasteiger partial charge in [0.2, 0.25) is 0 Å². The van der Waals surface area contributed by atoms with E-state index in [4.69, 9.17) is 5.73 Å². The molecule has 1 amide bonds. The number of hydrogen-bond donors (Lipinski definition) is 2. The van der Waals surface area contributed by atoms with Crippen molar-refractivity contribution in [3.8, 4) is 0 Å². The summed E-state index contributed by atoms with van der Waals surface area (Å²) < 4.78 is 1.67. The summed E-state index contributed by atoms with van der Waals surface area (Å²) in [7, 11) is 0. The molecule has 110 valence electrons. The standard InChI is InChI=1S/C12H14N6O3/c1-7(2)17-6-8(4-15-17)16-12(19)10-3-9(18(20)21)5-14-11(10)13/h3-7H,1-2H3,(H2,13,14)(H,16,19). The zero-order valence-electron chi connectivity index (χ0n) is 11.5. The molecule has 2 rings (SSSR count). The van der Waals surface area contributed by atoms with Gasteiger partial charge in [0, 0.05) is 18.3 Å². The minimum atomic E-state index is -0.639. The first-order valence-corrected chi connectivity index (χ1v) is 6.14. The molecule has 0 aromatic carbocycles. The first-order chi connectivity index (χ1) is 9.88. The Kier molecular flexibility index (Phi) is 3.83. The van der Waals surface area contributed by atoms with Crippen LogP contribution in [0.15, 0.2) is 24.7 Å². The van der Waals surface area contributed by atoms with Gasteiger partial charge in [-0.15, -0.1) is 0 Å². The molecule has 0 spiro atoms. The van der Waals surface area contributed by atoms with Crippen LogP contribution in [0.3, 0.4) is 0 Å². The summed E-state index contributed by atoms with van der Waals surface area (Å²) in [4.78, 5) is 25.8. The first-order valence-electron chi connectivity index (χ1n) is 6.14. The zero-order chi connectivity index (χ0) is 15.6. The third-order valence-electron chi connectivity index (χ3n) is 2.75. The summed E-state index contributed by atoms with van der Waals surface area (Å²) in [5.41, 5.74) is 5.70. The van der Waals surface area contributed by atoms with Crippen molar-refractivity contribution in [1.82, 2.24) is 14.8 Å². The number of anilines is 2. The van der Waals surface area contributed by atoms with Crippen molar-refractivity contribution >= 4 is 23.1 Å². The van der Waals surface area contributed by atoms with Crippen molar-refractivity contribution in [2.75, 3.05) is 11.1 Å². The number of nitrogen functional groups attached to an aromatic ring is 1. The second kappa shape index (κ2) is 5.57. The summed E-state index contributed by atoms with van der Waals surface area (Å²) in [5.74, 6) is -0.652. The number of carbonyl (C=O) groups is 1. The Morgan fingerprint density at radius 3 is 2.76 bits per heavy atom. The molecule has 21 heavy (non-hydrogen) atoms. The summed E-state index contributed by atoms with van der Waals surface area (Å²) in [6.45, 7) is 3.89. The van der Waals surface area contributed by atoms with Crippen LogP contribution >= 0.6 is 0 Å². The number of nitrogens with two attached hydrogens (primary N) is 1. The van der Waals surface area contributed by atoms with E-state index in [0.29, 0.717) is 5.69 Å². The molecule has 2 aromatic rings. The van der Waals surface area contributed by atoms with Crippen LogP contribution in [-0.2, 0) is 0 Å². The molecule has 0 atom stereocenters. The maximum atomic E-state index is 12.1. The van der Waals surface area contributed by atoms with E-state index in [-0.39, 0.29) is 23.1 Å². The van der Waals surface area contributed by atoms with Crippen molar-refractivity contribution in [3.63, 3.8) is 0 Å². The summed E-state index contributed by atoms with van der Waals surface area (Å²) in [6, 6.07) is 1.24. The van der Waals surface area contributed by atoms with Crippen LogP contribution in [0.5, 0.6) is 0 Å². The quantitative estimate of drug-likeness (QED) is 0.650. The Labute approximate surface area is 119 Å².